The molecule has 0 N–H and O–H groups in total. The molecule has 0 aromatic heterocycles. The Balaban J connectivity index is 1.18. The number of carbonyl (C=O) groups is 2. The van der Waals surface area contributed by atoms with Gasteiger partial charge < -0.3 is 23.8 Å². The molecule has 2 aromatic rings. The second-order valence-corrected chi connectivity index (χ2v) is 10.0. The predicted molar refractivity (Wildman–Crippen MR) is 153 cm³/mol. The second-order valence-electron chi connectivity index (χ2n) is 10.0. The van der Waals surface area contributed by atoms with Gasteiger partial charge >= 0.3 is 12.1 Å². The van der Waals surface area contributed by atoms with E-state index >= 15 is 0 Å². The van der Waals surface area contributed by atoms with Gasteiger partial charge in [-0.25, -0.2) is 4.79 Å². The zero-order chi connectivity index (χ0) is 27.7. The molecule has 2 aromatic carbocycles. The Bertz CT molecular complexity index is 964. The summed E-state index contributed by atoms with van der Waals surface area (Å²) >= 11 is 0. The van der Waals surface area contributed by atoms with E-state index in [2.05, 4.69) is 31.2 Å². The number of fused-ring (bicyclic) bond motifs is 3. The first-order chi connectivity index (χ1) is 19.1. The molecule has 0 heterocycles. The highest BCUT2D eigenvalue weighted by Gasteiger charge is 2.29. The quantitative estimate of drug-likeness (QED) is 0.148. The van der Waals surface area contributed by atoms with Gasteiger partial charge in [0.2, 0.25) is 0 Å². The normalized spacial score (nSPS) is 12.2. The molecule has 3 rings (SSSR count). The summed E-state index contributed by atoms with van der Waals surface area (Å²) in [5.41, 5.74) is 4.81. The molecule has 0 fully saturated rings. The molecule has 0 saturated carbocycles. The van der Waals surface area contributed by atoms with E-state index in [0.29, 0.717) is 46.0 Å². The fourth-order valence-corrected chi connectivity index (χ4v) is 4.83. The van der Waals surface area contributed by atoms with Gasteiger partial charge in [0.1, 0.15) is 13.2 Å². The molecule has 0 radical (unpaired) electrons. The highest BCUT2D eigenvalue weighted by molar-refractivity contribution is 5.79. The topological polar surface area (TPSA) is 74.3 Å². The van der Waals surface area contributed by atoms with Crippen molar-refractivity contribution in [2.75, 3.05) is 53.2 Å². The largest absolute Gasteiger partial charge is 0.463 e. The molecule has 0 aliphatic heterocycles. The lowest BCUT2D eigenvalue weighted by Gasteiger charge is -2.19. The van der Waals surface area contributed by atoms with Crippen LogP contribution in [-0.2, 0) is 23.7 Å². The van der Waals surface area contributed by atoms with E-state index in [1.165, 1.54) is 59.3 Å². The fraction of sp³-hybridized carbons (Fsp3) is 0.562. The van der Waals surface area contributed by atoms with Crippen molar-refractivity contribution in [2.45, 2.75) is 64.2 Å². The number of hydrogen-bond donors (Lipinski definition) is 0. The molecule has 214 valence electrons. The van der Waals surface area contributed by atoms with Gasteiger partial charge in [0.15, 0.2) is 0 Å². The van der Waals surface area contributed by atoms with Crippen molar-refractivity contribution >= 4 is 12.1 Å². The number of ether oxygens (including phenoxy) is 4. The van der Waals surface area contributed by atoms with Crippen LogP contribution in [0.4, 0.5) is 4.79 Å². The summed E-state index contributed by atoms with van der Waals surface area (Å²) in [5, 5.41) is 0. The Hall–Kier alpha value is -2.90. The molecule has 39 heavy (non-hydrogen) atoms. The summed E-state index contributed by atoms with van der Waals surface area (Å²) in [6.07, 6.45) is 8.38. The van der Waals surface area contributed by atoms with Crippen molar-refractivity contribution in [1.29, 1.82) is 0 Å². The van der Waals surface area contributed by atoms with Crippen LogP contribution in [0.15, 0.2) is 48.5 Å². The Morgan fingerprint density at radius 3 is 1.95 bits per heavy atom. The number of amides is 1. The van der Waals surface area contributed by atoms with Crippen LogP contribution < -0.4 is 0 Å². The number of benzene rings is 2. The molecule has 7 nitrogen and oxygen atoms in total. The summed E-state index contributed by atoms with van der Waals surface area (Å²) in [5.74, 6) is -0.109. The fourth-order valence-electron chi connectivity index (χ4n) is 4.83. The smallest absolute Gasteiger partial charge is 0.409 e. The van der Waals surface area contributed by atoms with E-state index < -0.39 is 0 Å². The number of carbonyl (C=O) groups excluding carboxylic acids is 2. The number of hydrogen-bond acceptors (Lipinski definition) is 6. The Morgan fingerprint density at radius 2 is 1.28 bits per heavy atom. The van der Waals surface area contributed by atoms with Crippen LogP contribution in [0.25, 0.3) is 11.1 Å². The maximum Gasteiger partial charge on any atom is 0.409 e. The van der Waals surface area contributed by atoms with Gasteiger partial charge in [-0.3, -0.25) is 4.79 Å². The van der Waals surface area contributed by atoms with Crippen LogP contribution in [0.3, 0.4) is 0 Å². The highest BCUT2D eigenvalue weighted by atomic mass is 16.6. The third-order valence-electron chi connectivity index (χ3n) is 7.07. The van der Waals surface area contributed by atoms with Crippen LogP contribution in [0.2, 0.25) is 0 Å². The van der Waals surface area contributed by atoms with Crippen LogP contribution >= 0.6 is 0 Å². The van der Waals surface area contributed by atoms with E-state index in [1.54, 1.807) is 7.05 Å². The Labute approximate surface area is 233 Å². The molecule has 0 saturated heterocycles. The molecular weight excluding hydrogens is 494 g/mol. The minimum absolute atomic E-state index is 0.0442. The van der Waals surface area contributed by atoms with Crippen LogP contribution in [0.5, 0.6) is 0 Å². The number of esters is 1. The van der Waals surface area contributed by atoms with E-state index in [0.717, 1.165) is 12.8 Å². The Morgan fingerprint density at radius 1 is 0.718 bits per heavy atom. The summed E-state index contributed by atoms with van der Waals surface area (Å²) in [6.45, 7) is 4.75. The first-order valence-electron chi connectivity index (χ1n) is 14.5. The summed E-state index contributed by atoms with van der Waals surface area (Å²) in [6, 6.07) is 16.6. The Kier molecular flexibility index (Phi) is 13.9. The monoisotopic (exact) mass is 539 g/mol. The predicted octanol–water partition coefficient (Wildman–Crippen LogP) is 6.58. The van der Waals surface area contributed by atoms with Crippen molar-refractivity contribution in [3.63, 3.8) is 0 Å². The standard InChI is InChI=1S/C32H45NO6/c1-3-4-5-6-7-8-9-18-31(34)38-24-23-37-22-21-36-20-19-33(2)32(35)39-25-30-28-16-12-10-14-26(28)27-15-11-13-17-29(27)30/h10-17,30H,3-9,18-25H2,1-2H3. The van der Waals surface area contributed by atoms with Crippen molar-refractivity contribution in [1.82, 2.24) is 4.90 Å². The minimum Gasteiger partial charge on any atom is -0.463 e. The number of likely N-dealkylation sites (N-methyl/N-ethyl adjacent to an activating group) is 1. The van der Waals surface area contributed by atoms with E-state index in [9.17, 15) is 9.59 Å². The van der Waals surface area contributed by atoms with E-state index in [1.807, 2.05) is 24.3 Å². The first kappa shape index (κ1) is 30.6. The SMILES string of the molecule is CCCCCCCCCC(=O)OCCOCCOCCN(C)C(=O)OCC1c2ccccc2-c2ccccc21. The maximum absolute atomic E-state index is 12.5. The number of unbranched alkanes of at least 4 members (excludes halogenated alkanes) is 6. The molecule has 0 bridgehead atoms. The van der Waals surface area contributed by atoms with Crippen molar-refractivity contribution in [3.8, 4) is 11.1 Å². The van der Waals surface area contributed by atoms with Gasteiger partial charge in [-0.1, -0.05) is 94.0 Å². The second kappa shape index (κ2) is 17.6. The molecule has 0 unspecified atom stereocenters. The highest BCUT2D eigenvalue weighted by Crippen LogP contribution is 2.44. The molecule has 1 aliphatic carbocycles. The van der Waals surface area contributed by atoms with Gasteiger partial charge in [0.05, 0.1) is 26.4 Å². The van der Waals surface area contributed by atoms with Gasteiger partial charge in [-0.15, -0.1) is 0 Å². The molecule has 1 aliphatic rings. The summed E-state index contributed by atoms with van der Waals surface area (Å²) in [4.78, 5) is 25.8. The van der Waals surface area contributed by atoms with Gasteiger partial charge in [-0.05, 0) is 28.7 Å². The average molecular weight is 540 g/mol. The van der Waals surface area contributed by atoms with Crippen LogP contribution in [-0.4, -0.2) is 70.2 Å². The summed E-state index contributed by atoms with van der Waals surface area (Å²) < 4.78 is 21.9. The van der Waals surface area contributed by atoms with Crippen LogP contribution in [0.1, 0.15) is 75.3 Å². The van der Waals surface area contributed by atoms with Gasteiger partial charge in [0, 0.05) is 25.9 Å². The summed E-state index contributed by atoms with van der Waals surface area (Å²) in [7, 11) is 1.71. The average Bonchev–Trinajstić information content (AvgIpc) is 3.28. The molecule has 7 heteroatoms. The third-order valence-corrected chi connectivity index (χ3v) is 7.07. The zero-order valence-corrected chi connectivity index (χ0v) is 23.7. The van der Waals surface area contributed by atoms with Gasteiger partial charge in [-0.2, -0.15) is 0 Å². The van der Waals surface area contributed by atoms with Gasteiger partial charge in [0.25, 0.3) is 0 Å². The molecule has 1 amide bonds. The zero-order valence-electron chi connectivity index (χ0n) is 23.7. The molecule has 0 atom stereocenters. The lowest BCUT2D eigenvalue weighted by Crippen LogP contribution is -2.32. The maximum atomic E-state index is 12.5. The van der Waals surface area contributed by atoms with Crippen molar-refractivity contribution in [3.05, 3.63) is 59.7 Å². The lowest BCUT2D eigenvalue weighted by atomic mass is 9.98. The van der Waals surface area contributed by atoms with Crippen molar-refractivity contribution < 1.29 is 28.5 Å². The third kappa shape index (κ3) is 10.3. The first-order valence-corrected chi connectivity index (χ1v) is 14.5. The van der Waals surface area contributed by atoms with Crippen LogP contribution in [0, 0.1) is 0 Å². The number of nitrogens with zero attached hydrogens (tertiary/aromatic N) is 1. The van der Waals surface area contributed by atoms with E-state index in [4.69, 9.17) is 18.9 Å². The lowest BCUT2D eigenvalue weighted by molar-refractivity contribution is -0.145. The molecule has 0 spiro atoms. The van der Waals surface area contributed by atoms with E-state index in [-0.39, 0.29) is 24.6 Å². The van der Waals surface area contributed by atoms with Crippen molar-refractivity contribution in [2.24, 2.45) is 0 Å². The minimum atomic E-state index is -0.366. The molecular formula is C32H45NO6. The number of rotatable bonds is 19.